The van der Waals surface area contributed by atoms with Crippen LogP contribution in [0.2, 0.25) is 10.0 Å². The number of anilines is 1. The second kappa shape index (κ2) is 4.86. The number of benzene rings is 2. The molecule has 2 N–H and O–H groups in total. The quantitative estimate of drug-likeness (QED) is 0.803. The molecule has 2 aromatic rings. The molecule has 0 aliphatic heterocycles. The molecule has 2 aromatic carbocycles. The summed E-state index contributed by atoms with van der Waals surface area (Å²) in [4.78, 5) is 0. The summed E-state index contributed by atoms with van der Waals surface area (Å²) in [6.07, 6.45) is 0. The van der Waals surface area contributed by atoms with Crippen LogP contribution in [0.4, 0.5) is 5.69 Å². The average Bonchev–Trinajstić information content (AvgIpc) is 2.29. The second-order valence-electron chi connectivity index (χ2n) is 3.72. The van der Waals surface area contributed by atoms with Crippen LogP contribution in [0, 0.1) is 6.92 Å². The molecule has 0 aliphatic rings. The molecule has 0 atom stereocenters. The van der Waals surface area contributed by atoms with Crippen molar-refractivity contribution in [3.05, 3.63) is 52.0 Å². The van der Waals surface area contributed by atoms with Crippen molar-refractivity contribution in [2.24, 2.45) is 0 Å². The molecule has 2 rings (SSSR count). The molecule has 0 radical (unpaired) electrons. The van der Waals surface area contributed by atoms with Gasteiger partial charge in [-0.25, -0.2) is 0 Å². The van der Waals surface area contributed by atoms with E-state index in [-0.39, 0.29) is 0 Å². The summed E-state index contributed by atoms with van der Waals surface area (Å²) in [5, 5.41) is 0.836. The summed E-state index contributed by atoms with van der Waals surface area (Å²) in [6.45, 7) is 2.01. The van der Waals surface area contributed by atoms with Crippen LogP contribution in [-0.2, 0) is 0 Å². The maximum atomic E-state index is 5.91. The van der Waals surface area contributed by atoms with E-state index in [4.69, 9.17) is 33.7 Å². The van der Waals surface area contributed by atoms with Crippen molar-refractivity contribution >= 4 is 28.9 Å². The van der Waals surface area contributed by atoms with E-state index >= 15 is 0 Å². The summed E-state index contributed by atoms with van der Waals surface area (Å²) in [6, 6.07) is 10.9. The SMILES string of the molecule is Cc1ccc(Oc2cc(Cl)c(Cl)cc2N)cc1. The number of nitrogen functional groups attached to an aromatic ring is 1. The zero-order chi connectivity index (χ0) is 12.4. The molecule has 88 valence electrons. The van der Waals surface area contributed by atoms with E-state index in [1.165, 1.54) is 5.56 Å². The van der Waals surface area contributed by atoms with Gasteiger partial charge in [-0.05, 0) is 25.1 Å². The standard InChI is InChI=1S/C13H11Cl2NO/c1-8-2-4-9(5-3-8)17-13-7-11(15)10(14)6-12(13)16/h2-7H,16H2,1H3. The third-order valence-electron chi connectivity index (χ3n) is 2.30. The van der Waals surface area contributed by atoms with E-state index in [0.29, 0.717) is 27.2 Å². The highest BCUT2D eigenvalue weighted by Crippen LogP contribution is 2.34. The number of hydrogen-bond acceptors (Lipinski definition) is 2. The minimum atomic E-state index is 0.417. The monoisotopic (exact) mass is 267 g/mol. The Labute approximate surface area is 110 Å². The van der Waals surface area contributed by atoms with Gasteiger partial charge in [0.25, 0.3) is 0 Å². The first kappa shape index (κ1) is 12.1. The minimum Gasteiger partial charge on any atom is -0.455 e. The fraction of sp³-hybridized carbons (Fsp3) is 0.0769. The van der Waals surface area contributed by atoms with Gasteiger partial charge >= 0.3 is 0 Å². The molecule has 0 spiro atoms. The Bertz CT molecular complexity index is 538. The molecule has 17 heavy (non-hydrogen) atoms. The molecule has 0 unspecified atom stereocenters. The van der Waals surface area contributed by atoms with Crippen LogP contribution in [-0.4, -0.2) is 0 Å². The van der Waals surface area contributed by atoms with Crippen LogP contribution >= 0.6 is 23.2 Å². The Morgan fingerprint density at radius 2 is 1.59 bits per heavy atom. The molecule has 0 fully saturated rings. The number of rotatable bonds is 2. The number of aryl methyl sites for hydroxylation is 1. The first-order chi connectivity index (χ1) is 8.06. The van der Waals surface area contributed by atoms with Crippen LogP contribution in [0.25, 0.3) is 0 Å². The Kier molecular flexibility index (Phi) is 3.46. The van der Waals surface area contributed by atoms with Crippen molar-refractivity contribution in [1.29, 1.82) is 0 Å². The molecule has 0 saturated carbocycles. The number of nitrogens with two attached hydrogens (primary N) is 1. The van der Waals surface area contributed by atoms with E-state index < -0.39 is 0 Å². The number of halogens is 2. The molecule has 4 heteroatoms. The van der Waals surface area contributed by atoms with Crippen molar-refractivity contribution < 1.29 is 4.74 Å². The van der Waals surface area contributed by atoms with Gasteiger partial charge in [0.1, 0.15) is 5.75 Å². The van der Waals surface area contributed by atoms with Crippen LogP contribution in [0.1, 0.15) is 5.56 Å². The van der Waals surface area contributed by atoms with Gasteiger partial charge in [0.2, 0.25) is 0 Å². The molecule has 0 heterocycles. The van der Waals surface area contributed by atoms with Crippen LogP contribution in [0.3, 0.4) is 0 Å². The maximum Gasteiger partial charge on any atom is 0.151 e. The largest absolute Gasteiger partial charge is 0.455 e. The average molecular weight is 268 g/mol. The molecule has 0 bridgehead atoms. The van der Waals surface area contributed by atoms with Crippen molar-refractivity contribution in [3.8, 4) is 11.5 Å². The maximum absolute atomic E-state index is 5.91. The van der Waals surface area contributed by atoms with Gasteiger partial charge in [0.05, 0.1) is 15.7 Å². The zero-order valence-electron chi connectivity index (χ0n) is 9.21. The van der Waals surface area contributed by atoms with E-state index in [1.807, 2.05) is 31.2 Å². The Morgan fingerprint density at radius 3 is 2.24 bits per heavy atom. The Hall–Kier alpha value is -1.38. The van der Waals surface area contributed by atoms with Crippen LogP contribution < -0.4 is 10.5 Å². The summed E-state index contributed by atoms with van der Waals surface area (Å²) in [5.41, 5.74) is 7.42. The molecular formula is C13H11Cl2NO. The molecule has 0 aromatic heterocycles. The lowest BCUT2D eigenvalue weighted by Crippen LogP contribution is -1.92. The second-order valence-corrected chi connectivity index (χ2v) is 4.53. The number of ether oxygens (including phenoxy) is 1. The Balaban J connectivity index is 2.30. The molecule has 0 aliphatic carbocycles. The predicted octanol–water partition coefficient (Wildman–Crippen LogP) is 4.68. The lowest BCUT2D eigenvalue weighted by atomic mass is 10.2. The zero-order valence-corrected chi connectivity index (χ0v) is 10.7. The molecule has 0 amide bonds. The van der Waals surface area contributed by atoms with E-state index in [2.05, 4.69) is 0 Å². The summed E-state index contributed by atoms with van der Waals surface area (Å²) < 4.78 is 5.63. The van der Waals surface area contributed by atoms with E-state index in [0.717, 1.165) is 0 Å². The van der Waals surface area contributed by atoms with Crippen molar-refractivity contribution in [2.45, 2.75) is 6.92 Å². The van der Waals surface area contributed by atoms with Crippen molar-refractivity contribution in [1.82, 2.24) is 0 Å². The van der Waals surface area contributed by atoms with Crippen LogP contribution in [0.5, 0.6) is 11.5 Å². The van der Waals surface area contributed by atoms with E-state index in [9.17, 15) is 0 Å². The van der Waals surface area contributed by atoms with Crippen molar-refractivity contribution in [2.75, 3.05) is 5.73 Å². The minimum absolute atomic E-state index is 0.417. The number of hydrogen-bond donors (Lipinski definition) is 1. The molecule has 2 nitrogen and oxygen atoms in total. The van der Waals surface area contributed by atoms with Gasteiger partial charge in [0.15, 0.2) is 5.75 Å². The summed E-state index contributed by atoms with van der Waals surface area (Å²) in [5.74, 6) is 1.21. The molecular weight excluding hydrogens is 257 g/mol. The van der Waals surface area contributed by atoms with Crippen LogP contribution in [0.15, 0.2) is 36.4 Å². The van der Waals surface area contributed by atoms with Gasteiger partial charge in [-0.2, -0.15) is 0 Å². The fourth-order valence-corrected chi connectivity index (χ4v) is 1.69. The first-order valence-corrected chi connectivity index (χ1v) is 5.81. The highest BCUT2D eigenvalue weighted by molar-refractivity contribution is 6.42. The lowest BCUT2D eigenvalue weighted by molar-refractivity contribution is 0.485. The summed E-state index contributed by atoms with van der Waals surface area (Å²) >= 11 is 11.8. The smallest absolute Gasteiger partial charge is 0.151 e. The lowest BCUT2D eigenvalue weighted by Gasteiger charge is -2.09. The van der Waals surface area contributed by atoms with Gasteiger partial charge in [-0.3, -0.25) is 0 Å². The Morgan fingerprint density at radius 1 is 1.00 bits per heavy atom. The normalized spacial score (nSPS) is 10.3. The van der Waals surface area contributed by atoms with Gasteiger partial charge in [0, 0.05) is 6.07 Å². The first-order valence-electron chi connectivity index (χ1n) is 5.05. The summed E-state index contributed by atoms with van der Waals surface area (Å²) in [7, 11) is 0. The third kappa shape index (κ3) is 2.84. The van der Waals surface area contributed by atoms with Crippen molar-refractivity contribution in [3.63, 3.8) is 0 Å². The predicted molar refractivity (Wildman–Crippen MR) is 72.1 cm³/mol. The third-order valence-corrected chi connectivity index (χ3v) is 3.02. The highest BCUT2D eigenvalue weighted by Gasteiger charge is 2.07. The topological polar surface area (TPSA) is 35.2 Å². The fourth-order valence-electron chi connectivity index (χ4n) is 1.37. The highest BCUT2D eigenvalue weighted by atomic mass is 35.5. The van der Waals surface area contributed by atoms with Gasteiger partial charge < -0.3 is 10.5 Å². The molecule has 0 saturated heterocycles. The van der Waals surface area contributed by atoms with Gasteiger partial charge in [-0.15, -0.1) is 0 Å². The van der Waals surface area contributed by atoms with Gasteiger partial charge in [-0.1, -0.05) is 40.9 Å². The van der Waals surface area contributed by atoms with E-state index in [1.54, 1.807) is 12.1 Å².